The van der Waals surface area contributed by atoms with E-state index >= 15 is 0 Å². The van der Waals surface area contributed by atoms with Crippen LogP contribution in [0.3, 0.4) is 0 Å². The first kappa shape index (κ1) is 15.0. The van der Waals surface area contributed by atoms with Gasteiger partial charge in [0.2, 0.25) is 0 Å². The Morgan fingerprint density at radius 3 is 2.41 bits per heavy atom. The Hall–Kier alpha value is -0.0800. The van der Waals surface area contributed by atoms with Gasteiger partial charge in [-0.1, -0.05) is 20.8 Å². The third kappa shape index (κ3) is 5.39. The van der Waals surface area contributed by atoms with Gasteiger partial charge in [0.25, 0.3) is 0 Å². The van der Waals surface area contributed by atoms with Gasteiger partial charge in [-0.3, -0.25) is 0 Å². The van der Waals surface area contributed by atoms with E-state index in [1.54, 1.807) is 0 Å². The Balaban J connectivity index is 2.18. The molecule has 0 heterocycles. The minimum Gasteiger partial charge on any atom is -0.330 e. The Morgan fingerprint density at radius 1 is 1.29 bits per heavy atom. The number of hydrogen-bond acceptors (Lipinski definition) is 2. The lowest BCUT2D eigenvalue weighted by atomic mass is 9.75. The Bertz CT molecular complexity index is 203. The summed E-state index contributed by atoms with van der Waals surface area (Å²) in [6.45, 7) is 9.15. The smallest absolute Gasteiger partial charge is 0.00926 e. The van der Waals surface area contributed by atoms with E-state index in [4.69, 9.17) is 5.73 Å². The Kier molecular flexibility index (Phi) is 5.94. The SMILES string of the molecule is CC(CN)CCCN(C)C1CCC(C)(C)CC1. The maximum absolute atomic E-state index is 5.65. The summed E-state index contributed by atoms with van der Waals surface area (Å²) in [6, 6.07) is 0.830. The molecule has 2 nitrogen and oxygen atoms in total. The van der Waals surface area contributed by atoms with Crippen LogP contribution < -0.4 is 5.73 Å². The second kappa shape index (κ2) is 6.75. The fourth-order valence-corrected chi connectivity index (χ4v) is 2.81. The molecule has 0 aromatic carbocycles. The van der Waals surface area contributed by atoms with E-state index in [9.17, 15) is 0 Å². The van der Waals surface area contributed by atoms with Crippen LogP contribution in [0.2, 0.25) is 0 Å². The summed E-state index contributed by atoms with van der Waals surface area (Å²) in [6.07, 6.45) is 8.13. The van der Waals surface area contributed by atoms with Gasteiger partial charge in [-0.25, -0.2) is 0 Å². The highest BCUT2D eigenvalue weighted by atomic mass is 15.1. The van der Waals surface area contributed by atoms with Crippen LogP contribution >= 0.6 is 0 Å². The number of nitrogens with zero attached hydrogens (tertiary/aromatic N) is 1. The molecule has 0 saturated heterocycles. The topological polar surface area (TPSA) is 29.3 Å². The van der Waals surface area contributed by atoms with Crippen molar-refractivity contribution in [1.29, 1.82) is 0 Å². The summed E-state index contributed by atoms with van der Waals surface area (Å²) < 4.78 is 0. The summed E-state index contributed by atoms with van der Waals surface area (Å²) in [5, 5.41) is 0. The molecule has 0 spiro atoms. The highest BCUT2D eigenvalue weighted by Crippen LogP contribution is 2.36. The standard InChI is InChI=1S/C15H32N2/c1-13(12-16)6-5-11-17(4)14-7-9-15(2,3)10-8-14/h13-14H,5-12,16H2,1-4H3. The van der Waals surface area contributed by atoms with Crippen molar-refractivity contribution < 1.29 is 0 Å². The highest BCUT2D eigenvalue weighted by molar-refractivity contribution is 4.82. The lowest BCUT2D eigenvalue weighted by Crippen LogP contribution is -2.37. The Labute approximate surface area is 108 Å². The first-order chi connectivity index (χ1) is 7.94. The average Bonchev–Trinajstić information content (AvgIpc) is 2.28. The molecular formula is C15H32N2. The van der Waals surface area contributed by atoms with Crippen molar-refractivity contribution in [1.82, 2.24) is 4.90 Å². The van der Waals surface area contributed by atoms with Gasteiger partial charge in [-0.2, -0.15) is 0 Å². The maximum Gasteiger partial charge on any atom is 0.00926 e. The van der Waals surface area contributed by atoms with Crippen molar-refractivity contribution in [2.45, 2.75) is 65.3 Å². The van der Waals surface area contributed by atoms with Gasteiger partial charge in [-0.15, -0.1) is 0 Å². The van der Waals surface area contributed by atoms with E-state index in [1.807, 2.05) is 0 Å². The van der Waals surface area contributed by atoms with Crippen molar-refractivity contribution in [2.24, 2.45) is 17.1 Å². The van der Waals surface area contributed by atoms with Crippen LogP contribution in [0.4, 0.5) is 0 Å². The normalized spacial score (nSPS) is 22.9. The van der Waals surface area contributed by atoms with Gasteiger partial charge in [0.15, 0.2) is 0 Å². The predicted octanol–water partition coefficient (Wildman–Crippen LogP) is 3.26. The van der Waals surface area contributed by atoms with E-state index in [2.05, 4.69) is 32.7 Å². The van der Waals surface area contributed by atoms with Gasteiger partial charge in [0, 0.05) is 6.04 Å². The zero-order valence-corrected chi connectivity index (χ0v) is 12.3. The first-order valence-corrected chi connectivity index (χ1v) is 7.35. The van der Waals surface area contributed by atoms with Crippen LogP contribution in [0.5, 0.6) is 0 Å². The van der Waals surface area contributed by atoms with Crippen LogP contribution in [-0.4, -0.2) is 31.1 Å². The van der Waals surface area contributed by atoms with Gasteiger partial charge in [0.05, 0.1) is 0 Å². The summed E-state index contributed by atoms with van der Waals surface area (Å²) in [5.74, 6) is 0.689. The summed E-state index contributed by atoms with van der Waals surface area (Å²) in [7, 11) is 2.30. The molecule has 102 valence electrons. The molecule has 1 rings (SSSR count). The molecule has 17 heavy (non-hydrogen) atoms. The van der Waals surface area contributed by atoms with Crippen LogP contribution in [0.1, 0.15) is 59.3 Å². The molecule has 1 saturated carbocycles. The molecule has 0 radical (unpaired) electrons. The third-order valence-corrected chi connectivity index (χ3v) is 4.54. The molecule has 0 aliphatic heterocycles. The van der Waals surface area contributed by atoms with Crippen molar-refractivity contribution in [3.8, 4) is 0 Å². The van der Waals surface area contributed by atoms with Crippen LogP contribution in [0, 0.1) is 11.3 Å². The number of nitrogens with two attached hydrogens (primary N) is 1. The largest absolute Gasteiger partial charge is 0.330 e. The van der Waals surface area contributed by atoms with Crippen molar-refractivity contribution in [2.75, 3.05) is 20.1 Å². The highest BCUT2D eigenvalue weighted by Gasteiger charge is 2.28. The zero-order chi connectivity index (χ0) is 12.9. The number of rotatable bonds is 6. The van der Waals surface area contributed by atoms with Crippen molar-refractivity contribution >= 4 is 0 Å². The summed E-state index contributed by atoms with van der Waals surface area (Å²) in [5.41, 5.74) is 6.24. The van der Waals surface area contributed by atoms with E-state index in [1.165, 1.54) is 45.1 Å². The van der Waals surface area contributed by atoms with Crippen LogP contribution in [-0.2, 0) is 0 Å². The van der Waals surface area contributed by atoms with Crippen molar-refractivity contribution in [3.63, 3.8) is 0 Å². The molecule has 1 atom stereocenters. The second-order valence-corrected chi connectivity index (χ2v) is 6.86. The van der Waals surface area contributed by atoms with Gasteiger partial charge in [-0.05, 0) is 70.0 Å². The quantitative estimate of drug-likeness (QED) is 0.772. The maximum atomic E-state index is 5.65. The van der Waals surface area contributed by atoms with Gasteiger partial charge < -0.3 is 10.6 Å². The molecule has 1 aliphatic rings. The summed E-state index contributed by atoms with van der Waals surface area (Å²) >= 11 is 0. The molecule has 2 heteroatoms. The van der Waals surface area contributed by atoms with Crippen molar-refractivity contribution in [3.05, 3.63) is 0 Å². The molecule has 1 aliphatic carbocycles. The number of hydrogen-bond donors (Lipinski definition) is 1. The molecule has 0 bridgehead atoms. The van der Waals surface area contributed by atoms with E-state index < -0.39 is 0 Å². The zero-order valence-electron chi connectivity index (χ0n) is 12.3. The third-order valence-electron chi connectivity index (χ3n) is 4.54. The van der Waals surface area contributed by atoms with E-state index in [-0.39, 0.29) is 0 Å². The van der Waals surface area contributed by atoms with Crippen LogP contribution in [0.15, 0.2) is 0 Å². The van der Waals surface area contributed by atoms with Gasteiger partial charge in [0.1, 0.15) is 0 Å². The first-order valence-electron chi connectivity index (χ1n) is 7.35. The van der Waals surface area contributed by atoms with E-state index in [0.29, 0.717) is 11.3 Å². The minimum atomic E-state index is 0.589. The average molecular weight is 240 g/mol. The lowest BCUT2D eigenvalue weighted by molar-refractivity contribution is 0.125. The summed E-state index contributed by atoms with van der Waals surface area (Å²) in [4.78, 5) is 2.58. The second-order valence-electron chi connectivity index (χ2n) is 6.86. The predicted molar refractivity (Wildman–Crippen MR) is 76.1 cm³/mol. The molecule has 1 unspecified atom stereocenters. The molecule has 0 aromatic rings. The molecule has 0 aromatic heterocycles. The fraction of sp³-hybridized carbons (Fsp3) is 1.00. The molecule has 1 fully saturated rings. The molecule has 0 amide bonds. The monoisotopic (exact) mass is 240 g/mol. The Morgan fingerprint density at radius 2 is 1.88 bits per heavy atom. The van der Waals surface area contributed by atoms with Crippen LogP contribution in [0.25, 0.3) is 0 Å². The lowest BCUT2D eigenvalue weighted by Gasteiger charge is -2.38. The molecule has 2 N–H and O–H groups in total. The fourth-order valence-electron chi connectivity index (χ4n) is 2.81. The minimum absolute atomic E-state index is 0.589. The van der Waals surface area contributed by atoms with E-state index in [0.717, 1.165) is 12.6 Å². The molecular weight excluding hydrogens is 208 g/mol. The van der Waals surface area contributed by atoms with Gasteiger partial charge >= 0.3 is 0 Å².